The third kappa shape index (κ3) is 8.18. The normalized spacial score (nSPS) is 10.7. The van der Waals surface area contributed by atoms with Gasteiger partial charge in [-0.2, -0.15) is 0 Å². The first kappa shape index (κ1) is 17.0. The molecule has 0 saturated heterocycles. The van der Waals surface area contributed by atoms with E-state index in [1.165, 1.54) is 24.8 Å². The first-order valence-corrected chi connectivity index (χ1v) is 7.78. The highest BCUT2D eigenvalue weighted by molar-refractivity contribution is 5.27. The van der Waals surface area contributed by atoms with Gasteiger partial charge in [-0.25, -0.2) is 0 Å². The maximum atomic E-state index is 5.73. The largest absolute Gasteiger partial charge is 0.494 e. The van der Waals surface area contributed by atoms with Gasteiger partial charge in [0.2, 0.25) is 0 Å². The summed E-state index contributed by atoms with van der Waals surface area (Å²) in [7, 11) is 1.74. The molecule has 0 fully saturated rings. The van der Waals surface area contributed by atoms with E-state index in [0.717, 1.165) is 44.9 Å². The Morgan fingerprint density at radius 1 is 0.950 bits per heavy atom. The molecule has 0 unspecified atom stereocenters. The monoisotopic (exact) mass is 279 g/mol. The summed E-state index contributed by atoms with van der Waals surface area (Å²) in [5.41, 5.74) is 1.29. The molecule has 0 aromatic heterocycles. The molecule has 1 rings (SSSR count). The van der Waals surface area contributed by atoms with Crippen molar-refractivity contribution in [1.82, 2.24) is 5.32 Å². The van der Waals surface area contributed by atoms with Crippen molar-refractivity contribution in [1.29, 1.82) is 0 Å². The summed E-state index contributed by atoms with van der Waals surface area (Å²) in [6.07, 6.45) is 6.04. The van der Waals surface area contributed by atoms with E-state index in [-0.39, 0.29) is 0 Å². The minimum atomic E-state index is 0.817. The molecule has 0 atom stereocenters. The maximum Gasteiger partial charge on any atom is 0.119 e. The molecule has 3 nitrogen and oxygen atoms in total. The molecule has 0 bridgehead atoms. The lowest BCUT2D eigenvalue weighted by Crippen LogP contribution is -2.16. The number of benzene rings is 1. The number of hydrogen-bond donors (Lipinski definition) is 1. The van der Waals surface area contributed by atoms with Gasteiger partial charge in [-0.15, -0.1) is 0 Å². The second kappa shape index (κ2) is 11.7. The second-order valence-electron chi connectivity index (χ2n) is 5.08. The lowest BCUT2D eigenvalue weighted by molar-refractivity contribution is 0.194. The summed E-state index contributed by atoms with van der Waals surface area (Å²) >= 11 is 0. The molecular formula is C17H29NO2. The van der Waals surface area contributed by atoms with Crippen molar-refractivity contribution < 1.29 is 9.47 Å². The average molecular weight is 279 g/mol. The molecule has 0 saturated carbocycles. The van der Waals surface area contributed by atoms with Crippen LogP contribution in [0.5, 0.6) is 5.75 Å². The summed E-state index contributed by atoms with van der Waals surface area (Å²) in [6, 6.07) is 8.38. The molecule has 0 aliphatic heterocycles. The third-order valence-electron chi connectivity index (χ3n) is 3.22. The van der Waals surface area contributed by atoms with Crippen LogP contribution in [0.25, 0.3) is 0 Å². The molecular weight excluding hydrogens is 250 g/mol. The molecule has 1 N–H and O–H groups in total. The van der Waals surface area contributed by atoms with Crippen LogP contribution in [0.3, 0.4) is 0 Å². The zero-order valence-corrected chi connectivity index (χ0v) is 13.0. The van der Waals surface area contributed by atoms with Crippen LogP contribution in [0.4, 0.5) is 0 Å². The SMILES string of the molecule is CCCCCCOc1ccc(CNCCCOC)cc1. The van der Waals surface area contributed by atoms with Crippen LogP contribution in [0.1, 0.15) is 44.6 Å². The second-order valence-corrected chi connectivity index (χ2v) is 5.08. The maximum absolute atomic E-state index is 5.73. The minimum Gasteiger partial charge on any atom is -0.494 e. The molecule has 20 heavy (non-hydrogen) atoms. The van der Waals surface area contributed by atoms with E-state index in [1.807, 2.05) is 0 Å². The van der Waals surface area contributed by atoms with Gasteiger partial charge in [-0.3, -0.25) is 0 Å². The molecule has 3 heteroatoms. The number of nitrogens with one attached hydrogen (secondary N) is 1. The van der Waals surface area contributed by atoms with Crippen molar-refractivity contribution in [2.45, 2.75) is 45.6 Å². The lowest BCUT2D eigenvalue weighted by atomic mass is 10.2. The van der Waals surface area contributed by atoms with E-state index in [9.17, 15) is 0 Å². The molecule has 1 aromatic rings. The fourth-order valence-electron chi connectivity index (χ4n) is 2.00. The van der Waals surface area contributed by atoms with Crippen LogP contribution in [0, 0.1) is 0 Å². The predicted octanol–water partition coefficient (Wildman–Crippen LogP) is 3.77. The van der Waals surface area contributed by atoms with Crippen molar-refractivity contribution in [2.24, 2.45) is 0 Å². The van der Waals surface area contributed by atoms with Crippen molar-refractivity contribution in [2.75, 3.05) is 26.9 Å². The summed E-state index contributed by atoms with van der Waals surface area (Å²) in [6.45, 7) is 5.76. The summed E-state index contributed by atoms with van der Waals surface area (Å²) in [5, 5.41) is 3.40. The Morgan fingerprint density at radius 2 is 1.75 bits per heavy atom. The zero-order chi connectivity index (χ0) is 14.5. The molecule has 0 aliphatic rings. The van der Waals surface area contributed by atoms with Crippen molar-refractivity contribution >= 4 is 0 Å². The van der Waals surface area contributed by atoms with E-state index in [1.54, 1.807) is 7.11 Å². The van der Waals surface area contributed by atoms with Crippen LogP contribution in [0.15, 0.2) is 24.3 Å². The Labute approximate surface area is 123 Å². The highest BCUT2D eigenvalue weighted by Crippen LogP contribution is 2.13. The predicted molar refractivity (Wildman–Crippen MR) is 84.3 cm³/mol. The van der Waals surface area contributed by atoms with Crippen molar-refractivity contribution in [3.8, 4) is 5.75 Å². The summed E-state index contributed by atoms with van der Waals surface area (Å²) < 4.78 is 10.7. The van der Waals surface area contributed by atoms with Gasteiger partial charge in [0.25, 0.3) is 0 Å². The zero-order valence-electron chi connectivity index (χ0n) is 13.0. The van der Waals surface area contributed by atoms with Crippen LogP contribution >= 0.6 is 0 Å². The van der Waals surface area contributed by atoms with Gasteiger partial charge < -0.3 is 14.8 Å². The van der Waals surface area contributed by atoms with Crippen LogP contribution < -0.4 is 10.1 Å². The molecule has 0 amide bonds. The molecule has 0 radical (unpaired) electrons. The molecule has 0 spiro atoms. The van der Waals surface area contributed by atoms with Gasteiger partial charge in [-0.05, 0) is 37.1 Å². The van der Waals surface area contributed by atoms with Gasteiger partial charge in [-0.1, -0.05) is 38.3 Å². The molecule has 0 heterocycles. The summed E-state index contributed by atoms with van der Waals surface area (Å²) in [4.78, 5) is 0. The van der Waals surface area contributed by atoms with E-state index in [4.69, 9.17) is 9.47 Å². The van der Waals surface area contributed by atoms with Crippen LogP contribution in [-0.4, -0.2) is 26.9 Å². The topological polar surface area (TPSA) is 30.5 Å². The highest BCUT2D eigenvalue weighted by Gasteiger charge is 1.96. The van der Waals surface area contributed by atoms with Gasteiger partial charge in [0.1, 0.15) is 5.75 Å². The van der Waals surface area contributed by atoms with Crippen LogP contribution in [0.2, 0.25) is 0 Å². The number of unbranched alkanes of at least 4 members (excludes halogenated alkanes) is 3. The van der Waals surface area contributed by atoms with Gasteiger partial charge in [0, 0.05) is 20.3 Å². The van der Waals surface area contributed by atoms with Crippen molar-refractivity contribution in [3.63, 3.8) is 0 Å². The third-order valence-corrected chi connectivity index (χ3v) is 3.22. The fourth-order valence-corrected chi connectivity index (χ4v) is 2.00. The molecule has 114 valence electrons. The first-order chi connectivity index (χ1) is 9.86. The fraction of sp³-hybridized carbons (Fsp3) is 0.647. The minimum absolute atomic E-state index is 0.817. The van der Waals surface area contributed by atoms with E-state index < -0.39 is 0 Å². The quantitative estimate of drug-likeness (QED) is 0.591. The summed E-state index contributed by atoms with van der Waals surface area (Å²) in [5.74, 6) is 0.977. The van der Waals surface area contributed by atoms with E-state index in [2.05, 4.69) is 36.5 Å². The number of rotatable bonds is 12. The molecule has 0 aliphatic carbocycles. The van der Waals surface area contributed by atoms with E-state index >= 15 is 0 Å². The average Bonchev–Trinajstić information content (AvgIpc) is 2.48. The smallest absolute Gasteiger partial charge is 0.119 e. The lowest BCUT2D eigenvalue weighted by Gasteiger charge is -2.08. The Bertz CT molecular complexity index is 291. The van der Waals surface area contributed by atoms with Gasteiger partial charge in [0.15, 0.2) is 0 Å². The number of hydrogen-bond acceptors (Lipinski definition) is 3. The first-order valence-electron chi connectivity index (χ1n) is 7.78. The van der Waals surface area contributed by atoms with Gasteiger partial charge in [0.05, 0.1) is 6.61 Å². The standard InChI is InChI=1S/C17H29NO2/c1-3-4-5-6-14-20-17-10-8-16(9-11-17)15-18-12-7-13-19-2/h8-11,18H,3-7,12-15H2,1-2H3. The van der Waals surface area contributed by atoms with E-state index in [0.29, 0.717) is 0 Å². The number of ether oxygens (including phenoxy) is 2. The van der Waals surface area contributed by atoms with Gasteiger partial charge >= 0.3 is 0 Å². The highest BCUT2D eigenvalue weighted by atomic mass is 16.5. The van der Waals surface area contributed by atoms with Crippen LogP contribution in [-0.2, 0) is 11.3 Å². The molecule has 1 aromatic carbocycles. The Balaban J connectivity index is 2.13. The van der Waals surface area contributed by atoms with Crippen molar-refractivity contribution in [3.05, 3.63) is 29.8 Å². The Hall–Kier alpha value is -1.06. The number of methoxy groups -OCH3 is 1. The Kier molecular flexibility index (Phi) is 9.98. The Morgan fingerprint density at radius 3 is 2.45 bits per heavy atom.